The molecule has 20 heavy (non-hydrogen) atoms. The fraction of sp³-hybridized carbons (Fsp3) is 0.700. The van der Waals surface area contributed by atoms with E-state index in [1.54, 1.807) is 0 Å². The van der Waals surface area contributed by atoms with Gasteiger partial charge in [-0.2, -0.15) is 0 Å². The topological polar surface area (TPSA) is 152 Å². The zero-order chi connectivity index (χ0) is 16.1. The van der Waals surface area contributed by atoms with E-state index in [-0.39, 0.29) is 12.8 Å². The van der Waals surface area contributed by atoms with Gasteiger partial charge in [-0.3, -0.25) is 18.9 Å². The van der Waals surface area contributed by atoms with E-state index >= 15 is 0 Å². The zero-order valence-electron chi connectivity index (χ0n) is 11.1. The van der Waals surface area contributed by atoms with Crippen molar-refractivity contribution in [2.75, 3.05) is 12.8 Å². The Morgan fingerprint density at radius 2 is 1.65 bits per heavy atom. The molecular weight excluding hydrogens is 293 g/mol. The fourth-order valence-corrected chi connectivity index (χ4v) is 1.99. The van der Waals surface area contributed by atoms with Gasteiger partial charge in [0.15, 0.2) is 0 Å². The second-order valence-corrected chi connectivity index (χ2v) is 6.59. The van der Waals surface area contributed by atoms with Crippen molar-refractivity contribution in [1.82, 2.24) is 4.90 Å². The standard InChI is InChI=1S/C10H18NO8P/c1-10(2,9(15)16)4-3-7(12)11(5-8(13)14)6-20(17,18)19/h3-6H2,1-2H3,(H,13,14)(H,15,16)(H2,17,18,19). The Kier molecular flexibility index (Phi) is 6.33. The molecule has 0 aromatic heterocycles. The lowest BCUT2D eigenvalue weighted by Gasteiger charge is -2.23. The highest BCUT2D eigenvalue weighted by Crippen LogP contribution is 2.35. The van der Waals surface area contributed by atoms with Crippen molar-refractivity contribution in [3.8, 4) is 0 Å². The first-order valence-electron chi connectivity index (χ1n) is 5.63. The molecular formula is C10H18NO8P. The first kappa shape index (κ1) is 18.6. The summed E-state index contributed by atoms with van der Waals surface area (Å²) in [6.45, 7) is 1.94. The summed E-state index contributed by atoms with van der Waals surface area (Å²) in [7, 11) is -4.59. The fourth-order valence-electron chi connectivity index (χ4n) is 1.29. The number of carboxylic acid groups (broad SMARTS) is 2. The van der Waals surface area contributed by atoms with Crippen LogP contribution in [0.25, 0.3) is 0 Å². The minimum Gasteiger partial charge on any atom is -0.481 e. The summed E-state index contributed by atoms with van der Waals surface area (Å²) in [6, 6.07) is 0. The van der Waals surface area contributed by atoms with Crippen LogP contribution in [0.2, 0.25) is 0 Å². The maximum absolute atomic E-state index is 11.8. The van der Waals surface area contributed by atoms with E-state index in [1.807, 2.05) is 0 Å². The molecule has 0 aliphatic rings. The second-order valence-electron chi connectivity index (χ2n) is 4.98. The third-order valence-corrected chi connectivity index (χ3v) is 3.29. The number of hydrogen-bond acceptors (Lipinski definition) is 4. The number of rotatable bonds is 8. The molecule has 0 aliphatic carbocycles. The third kappa shape index (κ3) is 7.22. The van der Waals surface area contributed by atoms with Gasteiger partial charge in [-0.25, -0.2) is 0 Å². The van der Waals surface area contributed by atoms with E-state index in [0.717, 1.165) is 0 Å². The van der Waals surface area contributed by atoms with Crippen molar-refractivity contribution < 1.29 is 38.9 Å². The second kappa shape index (κ2) is 6.83. The van der Waals surface area contributed by atoms with E-state index in [1.165, 1.54) is 13.8 Å². The predicted molar refractivity (Wildman–Crippen MR) is 66.9 cm³/mol. The molecule has 1 amide bonds. The molecule has 0 atom stereocenters. The van der Waals surface area contributed by atoms with Crippen LogP contribution in [0.3, 0.4) is 0 Å². The Morgan fingerprint density at radius 3 is 2.00 bits per heavy atom. The minimum atomic E-state index is -4.59. The van der Waals surface area contributed by atoms with Gasteiger partial charge in [-0.1, -0.05) is 0 Å². The molecule has 0 bridgehead atoms. The molecule has 0 unspecified atom stereocenters. The van der Waals surface area contributed by atoms with E-state index in [4.69, 9.17) is 20.0 Å². The average molecular weight is 311 g/mol. The van der Waals surface area contributed by atoms with E-state index in [2.05, 4.69) is 0 Å². The van der Waals surface area contributed by atoms with E-state index in [0.29, 0.717) is 4.90 Å². The molecule has 0 heterocycles. The van der Waals surface area contributed by atoms with Crippen molar-refractivity contribution in [3.63, 3.8) is 0 Å². The van der Waals surface area contributed by atoms with Crippen molar-refractivity contribution in [2.24, 2.45) is 5.41 Å². The lowest BCUT2D eigenvalue weighted by atomic mass is 9.88. The maximum atomic E-state index is 11.8. The Labute approximate surface area is 115 Å². The highest BCUT2D eigenvalue weighted by Gasteiger charge is 2.30. The van der Waals surface area contributed by atoms with Gasteiger partial charge in [0, 0.05) is 6.42 Å². The largest absolute Gasteiger partial charge is 0.481 e. The quantitative estimate of drug-likeness (QED) is 0.454. The Hall–Kier alpha value is -1.44. The monoisotopic (exact) mass is 311 g/mol. The smallest absolute Gasteiger partial charge is 0.344 e. The molecule has 0 saturated carbocycles. The van der Waals surface area contributed by atoms with Gasteiger partial charge in [0.05, 0.1) is 5.41 Å². The lowest BCUT2D eigenvalue weighted by Crippen LogP contribution is -2.37. The van der Waals surface area contributed by atoms with Crippen LogP contribution in [0.1, 0.15) is 26.7 Å². The van der Waals surface area contributed by atoms with E-state index < -0.39 is 43.7 Å². The summed E-state index contributed by atoms with van der Waals surface area (Å²) in [5.41, 5.74) is -1.19. The van der Waals surface area contributed by atoms with Gasteiger partial charge in [0.1, 0.15) is 12.8 Å². The molecule has 116 valence electrons. The summed E-state index contributed by atoms with van der Waals surface area (Å²) < 4.78 is 10.9. The molecule has 0 saturated heterocycles. The Balaban J connectivity index is 4.76. The van der Waals surface area contributed by atoms with Crippen LogP contribution in [0.4, 0.5) is 0 Å². The molecule has 0 rings (SSSR count). The number of nitrogens with zero attached hydrogens (tertiary/aromatic N) is 1. The maximum Gasteiger partial charge on any atom is 0.344 e. The number of amides is 1. The summed E-state index contributed by atoms with van der Waals surface area (Å²) in [6.07, 6.45) is -1.39. The number of carbonyl (C=O) groups excluding carboxylic acids is 1. The van der Waals surface area contributed by atoms with Crippen LogP contribution in [0.5, 0.6) is 0 Å². The normalized spacial score (nSPS) is 12.0. The molecule has 0 fully saturated rings. The molecule has 0 aromatic rings. The van der Waals surface area contributed by atoms with Gasteiger partial charge in [0.25, 0.3) is 0 Å². The van der Waals surface area contributed by atoms with Crippen molar-refractivity contribution >= 4 is 25.4 Å². The molecule has 0 aromatic carbocycles. The first-order valence-corrected chi connectivity index (χ1v) is 7.42. The number of carbonyl (C=O) groups is 3. The minimum absolute atomic E-state index is 0.0710. The van der Waals surface area contributed by atoms with Crippen LogP contribution >= 0.6 is 7.60 Å². The molecule has 9 nitrogen and oxygen atoms in total. The number of hydrogen-bond donors (Lipinski definition) is 4. The summed E-state index contributed by atoms with van der Waals surface area (Å²) >= 11 is 0. The van der Waals surface area contributed by atoms with Crippen LogP contribution in [-0.2, 0) is 18.9 Å². The van der Waals surface area contributed by atoms with Crippen LogP contribution in [0, 0.1) is 5.41 Å². The van der Waals surface area contributed by atoms with Crippen molar-refractivity contribution in [3.05, 3.63) is 0 Å². The summed E-state index contributed by atoms with van der Waals surface area (Å²) in [5, 5.41) is 17.5. The van der Waals surface area contributed by atoms with Crippen LogP contribution < -0.4 is 0 Å². The molecule has 0 spiro atoms. The number of aliphatic carboxylic acids is 2. The predicted octanol–water partition coefficient (Wildman–Crippen LogP) is -0.0742. The van der Waals surface area contributed by atoms with E-state index in [9.17, 15) is 18.9 Å². The molecule has 4 N–H and O–H groups in total. The SMILES string of the molecule is CC(C)(CCC(=O)N(CC(=O)O)CP(=O)(O)O)C(=O)O. The first-order chi connectivity index (χ1) is 8.85. The molecule has 0 radical (unpaired) electrons. The highest BCUT2D eigenvalue weighted by molar-refractivity contribution is 7.51. The molecule has 0 aliphatic heterocycles. The average Bonchev–Trinajstić information content (AvgIpc) is 2.22. The molecule has 10 heteroatoms. The van der Waals surface area contributed by atoms with Gasteiger partial charge in [0.2, 0.25) is 5.91 Å². The van der Waals surface area contributed by atoms with Crippen molar-refractivity contribution in [2.45, 2.75) is 26.7 Å². The Morgan fingerprint density at radius 1 is 1.15 bits per heavy atom. The van der Waals surface area contributed by atoms with Crippen LogP contribution in [-0.4, -0.2) is 55.6 Å². The summed E-state index contributed by atoms with van der Waals surface area (Å²) in [4.78, 5) is 51.3. The zero-order valence-corrected chi connectivity index (χ0v) is 12.0. The van der Waals surface area contributed by atoms with Gasteiger partial charge < -0.3 is 24.9 Å². The summed E-state index contributed by atoms with van der Waals surface area (Å²) in [5.74, 6) is -3.35. The van der Waals surface area contributed by atoms with Gasteiger partial charge in [-0.05, 0) is 20.3 Å². The lowest BCUT2D eigenvalue weighted by molar-refractivity contribution is -0.149. The Bertz CT molecular complexity index is 441. The third-order valence-electron chi connectivity index (χ3n) is 2.58. The van der Waals surface area contributed by atoms with Crippen molar-refractivity contribution in [1.29, 1.82) is 0 Å². The van der Waals surface area contributed by atoms with Gasteiger partial charge >= 0.3 is 19.5 Å². The highest BCUT2D eigenvalue weighted by atomic mass is 31.2. The number of carboxylic acids is 2. The van der Waals surface area contributed by atoms with Crippen LogP contribution in [0.15, 0.2) is 0 Å². The van der Waals surface area contributed by atoms with Gasteiger partial charge in [-0.15, -0.1) is 0 Å².